The summed E-state index contributed by atoms with van der Waals surface area (Å²) in [6, 6.07) is 6.99. The van der Waals surface area contributed by atoms with E-state index in [-0.39, 0.29) is 12.6 Å². The maximum Gasteiger partial charge on any atom is 0.0647 e. The molecule has 0 saturated carbocycles. The van der Waals surface area contributed by atoms with Crippen LogP contribution in [-0.2, 0) is 0 Å². The number of benzene rings is 1. The van der Waals surface area contributed by atoms with Gasteiger partial charge in [-0.25, -0.2) is 0 Å². The molecule has 1 aliphatic heterocycles. The Morgan fingerprint density at radius 1 is 1.53 bits per heavy atom. The van der Waals surface area contributed by atoms with E-state index in [1.54, 1.807) is 0 Å². The van der Waals surface area contributed by atoms with Crippen LogP contribution in [0.4, 0.5) is 5.69 Å². The number of hydrogen-bond acceptors (Lipinski definition) is 3. The fourth-order valence-electron chi connectivity index (χ4n) is 2.24. The van der Waals surface area contributed by atoms with Crippen molar-refractivity contribution in [3.63, 3.8) is 0 Å². The van der Waals surface area contributed by atoms with Crippen molar-refractivity contribution in [3.8, 4) is 0 Å². The minimum Gasteiger partial charge on any atom is -0.394 e. The first-order valence-electron chi connectivity index (χ1n) is 5.99. The van der Waals surface area contributed by atoms with Crippen molar-refractivity contribution in [3.05, 3.63) is 28.2 Å². The van der Waals surface area contributed by atoms with E-state index in [0.717, 1.165) is 17.6 Å². The fraction of sp³-hybridized carbons (Fsp3) is 0.538. The predicted molar refractivity (Wildman–Crippen MR) is 74.6 cm³/mol. The number of piperazine rings is 1. The van der Waals surface area contributed by atoms with Gasteiger partial charge >= 0.3 is 0 Å². The molecular formula is C13H19BrN2O. The Hall–Kier alpha value is -0.580. The van der Waals surface area contributed by atoms with Gasteiger partial charge in [0.15, 0.2) is 0 Å². The highest BCUT2D eigenvalue weighted by Crippen LogP contribution is 2.25. The topological polar surface area (TPSA) is 35.5 Å². The normalized spacial score (nSPS) is 25.1. The summed E-state index contributed by atoms with van der Waals surface area (Å²) in [5, 5.41) is 12.8. The monoisotopic (exact) mass is 298 g/mol. The van der Waals surface area contributed by atoms with Gasteiger partial charge in [0.25, 0.3) is 0 Å². The summed E-state index contributed by atoms with van der Waals surface area (Å²) in [5.41, 5.74) is 2.42. The molecule has 0 amide bonds. The average molecular weight is 299 g/mol. The molecule has 2 rings (SSSR count). The summed E-state index contributed by atoms with van der Waals surface area (Å²) < 4.78 is 1.13. The van der Waals surface area contributed by atoms with Gasteiger partial charge in [0.2, 0.25) is 0 Å². The number of aliphatic hydroxyl groups excluding tert-OH is 1. The number of nitrogens with one attached hydrogen (secondary N) is 1. The van der Waals surface area contributed by atoms with Gasteiger partial charge in [0, 0.05) is 29.3 Å². The first-order valence-corrected chi connectivity index (χ1v) is 6.78. The second-order valence-electron chi connectivity index (χ2n) is 4.73. The molecule has 2 N–H and O–H groups in total. The Kier molecular flexibility index (Phi) is 4.07. The van der Waals surface area contributed by atoms with Crippen LogP contribution in [0.15, 0.2) is 22.7 Å². The van der Waals surface area contributed by atoms with Gasteiger partial charge in [-0.2, -0.15) is 0 Å². The van der Waals surface area contributed by atoms with Gasteiger partial charge < -0.3 is 15.3 Å². The molecule has 2 atom stereocenters. The van der Waals surface area contributed by atoms with E-state index in [1.807, 2.05) is 0 Å². The zero-order chi connectivity index (χ0) is 12.4. The quantitative estimate of drug-likeness (QED) is 0.876. The van der Waals surface area contributed by atoms with Crippen LogP contribution in [0, 0.1) is 6.92 Å². The van der Waals surface area contributed by atoms with Crippen LogP contribution in [0.1, 0.15) is 12.5 Å². The first-order chi connectivity index (χ1) is 8.11. The molecule has 1 fully saturated rings. The van der Waals surface area contributed by atoms with Crippen LogP contribution in [0.2, 0.25) is 0 Å². The van der Waals surface area contributed by atoms with E-state index in [9.17, 15) is 5.11 Å². The van der Waals surface area contributed by atoms with E-state index >= 15 is 0 Å². The van der Waals surface area contributed by atoms with E-state index in [4.69, 9.17) is 0 Å². The van der Waals surface area contributed by atoms with Gasteiger partial charge in [-0.3, -0.25) is 0 Å². The lowest BCUT2D eigenvalue weighted by Crippen LogP contribution is -2.57. The maximum absolute atomic E-state index is 9.44. The highest BCUT2D eigenvalue weighted by Gasteiger charge is 2.25. The van der Waals surface area contributed by atoms with Crippen molar-refractivity contribution < 1.29 is 5.11 Å². The summed E-state index contributed by atoms with van der Waals surface area (Å²) in [5.74, 6) is 0. The standard InChI is InChI=1S/C13H19BrN2O/c1-9-5-11(3-4-13(9)14)16-7-10(2)15-6-12(16)8-17/h3-5,10,12,15,17H,6-8H2,1-2H3. The predicted octanol–water partition coefficient (Wildman–Crippen LogP) is 1.92. The van der Waals surface area contributed by atoms with Crippen molar-refractivity contribution in [2.24, 2.45) is 0 Å². The van der Waals surface area contributed by atoms with E-state index in [0.29, 0.717) is 6.04 Å². The molecule has 1 aliphatic rings. The number of aliphatic hydroxyl groups is 1. The Morgan fingerprint density at radius 3 is 2.94 bits per heavy atom. The molecule has 1 saturated heterocycles. The molecule has 94 valence electrons. The maximum atomic E-state index is 9.44. The van der Waals surface area contributed by atoms with Gasteiger partial charge in [-0.1, -0.05) is 15.9 Å². The fourth-order valence-corrected chi connectivity index (χ4v) is 2.49. The molecule has 0 aliphatic carbocycles. The Morgan fingerprint density at radius 2 is 2.29 bits per heavy atom. The van der Waals surface area contributed by atoms with Crippen molar-refractivity contribution >= 4 is 21.6 Å². The Labute approximate surface area is 111 Å². The molecule has 4 heteroatoms. The molecule has 3 nitrogen and oxygen atoms in total. The Balaban J connectivity index is 2.25. The van der Waals surface area contributed by atoms with Crippen LogP contribution in [-0.4, -0.2) is 36.9 Å². The highest BCUT2D eigenvalue weighted by molar-refractivity contribution is 9.10. The van der Waals surface area contributed by atoms with Gasteiger partial charge in [0.1, 0.15) is 0 Å². The average Bonchev–Trinajstić information content (AvgIpc) is 2.32. The third-order valence-electron chi connectivity index (χ3n) is 3.30. The minimum atomic E-state index is 0.173. The third-order valence-corrected chi connectivity index (χ3v) is 4.19. The molecule has 1 aromatic carbocycles. The molecule has 0 bridgehead atoms. The summed E-state index contributed by atoms with van der Waals surface area (Å²) in [4.78, 5) is 2.29. The summed E-state index contributed by atoms with van der Waals surface area (Å²) in [6.07, 6.45) is 0. The van der Waals surface area contributed by atoms with Crippen LogP contribution >= 0.6 is 15.9 Å². The molecule has 0 radical (unpaired) electrons. The minimum absolute atomic E-state index is 0.173. The lowest BCUT2D eigenvalue weighted by Gasteiger charge is -2.40. The highest BCUT2D eigenvalue weighted by atomic mass is 79.9. The molecule has 0 aromatic heterocycles. The van der Waals surface area contributed by atoms with Crippen molar-refractivity contribution in [1.29, 1.82) is 0 Å². The molecule has 2 unspecified atom stereocenters. The van der Waals surface area contributed by atoms with E-state index < -0.39 is 0 Å². The molecule has 1 heterocycles. The molecular weight excluding hydrogens is 280 g/mol. The second kappa shape index (κ2) is 5.38. The smallest absolute Gasteiger partial charge is 0.0647 e. The van der Waals surface area contributed by atoms with Gasteiger partial charge in [-0.15, -0.1) is 0 Å². The SMILES string of the molecule is Cc1cc(N2CC(C)NCC2CO)ccc1Br. The number of rotatable bonds is 2. The van der Waals surface area contributed by atoms with Crippen molar-refractivity contribution in [1.82, 2.24) is 5.32 Å². The molecule has 1 aromatic rings. The second-order valence-corrected chi connectivity index (χ2v) is 5.59. The van der Waals surface area contributed by atoms with E-state index in [1.165, 1.54) is 11.3 Å². The zero-order valence-corrected chi connectivity index (χ0v) is 11.9. The van der Waals surface area contributed by atoms with Crippen LogP contribution < -0.4 is 10.2 Å². The van der Waals surface area contributed by atoms with Crippen LogP contribution in [0.5, 0.6) is 0 Å². The molecule has 17 heavy (non-hydrogen) atoms. The molecule has 0 spiro atoms. The summed E-state index contributed by atoms with van der Waals surface area (Å²) in [6.45, 7) is 6.23. The van der Waals surface area contributed by atoms with E-state index in [2.05, 4.69) is 58.2 Å². The van der Waals surface area contributed by atoms with Crippen LogP contribution in [0.25, 0.3) is 0 Å². The number of anilines is 1. The summed E-state index contributed by atoms with van der Waals surface area (Å²) in [7, 11) is 0. The first kappa shape index (κ1) is 12.9. The number of nitrogens with zero attached hydrogens (tertiary/aromatic N) is 1. The van der Waals surface area contributed by atoms with Crippen molar-refractivity contribution in [2.45, 2.75) is 25.9 Å². The zero-order valence-electron chi connectivity index (χ0n) is 10.3. The number of hydrogen-bond donors (Lipinski definition) is 2. The van der Waals surface area contributed by atoms with Crippen LogP contribution in [0.3, 0.4) is 0 Å². The number of aryl methyl sites for hydroxylation is 1. The van der Waals surface area contributed by atoms with Crippen molar-refractivity contribution in [2.75, 3.05) is 24.6 Å². The Bertz CT molecular complexity index is 397. The lowest BCUT2D eigenvalue weighted by molar-refractivity contribution is 0.237. The largest absolute Gasteiger partial charge is 0.394 e. The van der Waals surface area contributed by atoms with Gasteiger partial charge in [0.05, 0.1) is 12.6 Å². The third kappa shape index (κ3) is 2.81. The van der Waals surface area contributed by atoms with Gasteiger partial charge in [-0.05, 0) is 37.6 Å². The lowest BCUT2D eigenvalue weighted by atomic mass is 10.1. The summed E-state index contributed by atoms with van der Waals surface area (Å²) >= 11 is 3.52. The number of halogens is 1.